The van der Waals surface area contributed by atoms with Gasteiger partial charge in [-0.3, -0.25) is 14.9 Å². The van der Waals surface area contributed by atoms with Crippen molar-refractivity contribution in [2.24, 2.45) is 5.73 Å². The van der Waals surface area contributed by atoms with Crippen molar-refractivity contribution < 1.29 is 22.8 Å². The van der Waals surface area contributed by atoms with E-state index in [9.17, 15) is 22.8 Å². The molecule has 1 atom stereocenters. The number of imide groups is 1. The fourth-order valence-electron chi connectivity index (χ4n) is 2.23. The first-order valence-corrected chi connectivity index (χ1v) is 6.24. The Morgan fingerprint density at radius 1 is 1.38 bits per heavy atom. The van der Waals surface area contributed by atoms with E-state index in [1.807, 2.05) is 0 Å². The lowest BCUT2D eigenvalue weighted by molar-refractivity contribution is -0.138. The smallest absolute Gasteiger partial charge is 0.350 e. The number of piperazine rings is 1. The summed E-state index contributed by atoms with van der Waals surface area (Å²) in [6.07, 6.45) is -4.49. The molecule has 21 heavy (non-hydrogen) atoms. The second kappa shape index (κ2) is 5.36. The van der Waals surface area contributed by atoms with Crippen LogP contribution in [-0.4, -0.2) is 24.4 Å². The van der Waals surface area contributed by atoms with Crippen LogP contribution in [0.2, 0.25) is 0 Å². The minimum atomic E-state index is -4.49. The van der Waals surface area contributed by atoms with Crippen LogP contribution in [0, 0.1) is 0 Å². The SMILES string of the molecule is CC1C(=O)NC(=O)CN1c1ccc(C(F)(F)F)c(CN)c1. The van der Waals surface area contributed by atoms with Gasteiger partial charge >= 0.3 is 6.18 Å². The van der Waals surface area contributed by atoms with Crippen molar-refractivity contribution in [2.45, 2.75) is 25.7 Å². The monoisotopic (exact) mass is 301 g/mol. The van der Waals surface area contributed by atoms with Crippen LogP contribution >= 0.6 is 0 Å². The fourth-order valence-corrected chi connectivity index (χ4v) is 2.23. The Balaban J connectivity index is 2.41. The number of amides is 2. The molecule has 3 N–H and O–H groups in total. The number of hydrogen-bond acceptors (Lipinski definition) is 4. The Kier molecular flexibility index (Phi) is 3.91. The highest BCUT2D eigenvalue weighted by molar-refractivity contribution is 6.04. The number of halogens is 3. The van der Waals surface area contributed by atoms with E-state index in [4.69, 9.17) is 5.73 Å². The van der Waals surface area contributed by atoms with Crippen LogP contribution in [0.25, 0.3) is 0 Å². The number of carbonyl (C=O) groups excluding carboxylic acids is 2. The Morgan fingerprint density at radius 3 is 2.62 bits per heavy atom. The normalized spacial score (nSPS) is 19.7. The van der Waals surface area contributed by atoms with Crippen molar-refractivity contribution in [1.29, 1.82) is 0 Å². The molecule has 1 unspecified atom stereocenters. The van der Waals surface area contributed by atoms with Gasteiger partial charge in [0.2, 0.25) is 11.8 Å². The quantitative estimate of drug-likeness (QED) is 0.800. The summed E-state index contributed by atoms with van der Waals surface area (Å²) in [5, 5.41) is 2.17. The van der Waals surface area contributed by atoms with Crippen molar-refractivity contribution >= 4 is 17.5 Å². The van der Waals surface area contributed by atoms with Gasteiger partial charge in [0.25, 0.3) is 0 Å². The number of carbonyl (C=O) groups is 2. The molecule has 1 aromatic carbocycles. The van der Waals surface area contributed by atoms with Crippen molar-refractivity contribution in [3.63, 3.8) is 0 Å². The average molecular weight is 301 g/mol. The fraction of sp³-hybridized carbons (Fsp3) is 0.385. The molecule has 1 fully saturated rings. The lowest BCUT2D eigenvalue weighted by Gasteiger charge is -2.34. The second-order valence-electron chi connectivity index (χ2n) is 4.76. The maximum absolute atomic E-state index is 12.8. The summed E-state index contributed by atoms with van der Waals surface area (Å²) >= 11 is 0. The summed E-state index contributed by atoms with van der Waals surface area (Å²) in [6.45, 7) is 1.19. The van der Waals surface area contributed by atoms with E-state index in [2.05, 4.69) is 5.32 Å². The lowest BCUT2D eigenvalue weighted by Crippen LogP contribution is -2.57. The van der Waals surface area contributed by atoms with Gasteiger partial charge in [0.15, 0.2) is 0 Å². The van der Waals surface area contributed by atoms with Crippen LogP contribution in [0.5, 0.6) is 0 Å². The summed E-state index contributed by atoms with van der Waals surface area (Å²) in [4.78, 5) is 24.4. The molecule has 2 rings (SSSR count). The number of nitrogens with zero attached hydrogens (tertiary/aromatic N) is 1. The number of nitrogens with two attached hydrogens (primary N) is 1. The zero-order valence-electron chi connectivity index (χ0n) is 11.2. The van der Waals surface area contributed by atoms with Gasteiger partial charge in [-0.25, -0.2) is 0 Å². The molecule has 1 heterocycles. The van der Waals surface area contributed by atoms with E-state index in [1.165, 1.54) is 17.0 Å². The third kappa shape index (κ3) is 2.99. The Hall–Kier alpha value is -2.09. The molecule has 114 valence electrons. The van der Waals surface area contributed by atoms with E-state index in [-0.39, 0.29) is 18.7 Å². The highest BCUT2D eigenvalue weighted by Crippen LogP contribution is 2.34. The predicted molar refractivity (Wildman–Crippen MR) is 69.3 cm³/mol. The number of rotatable bonds is 2. The van der Waals surface area contributed by atoms with Crippen molar-refractivity contribution in [2.75, 3.05) is 11.4 Å². The molecule has 0 saturated carbocycles. The maximum Gasteiger partial charge on any atom is 0.416 e. The van der Waals surface area contributed by atoms with E-state index in [1.54, 1.807) is 6.92 Å². The van der Waals surface area contributed by atoms with Crippen LogP contribution in [-0.2, 0) is 22.3 Å². The Morgan fingerprint density at radius 2 is 2.05 bits per heavy atom. The minimum absolute atomic E-state index is 0.0781. The van der Waals surface area contributed by atoms with Gasteiger partial charge in [0.1, 0.15) is 6.04 Å². The summed E-state index contributed by atoms with van der Waals surface area (Å²) in [7, 11) is 0. The van der Waals surface area contributed by atoms with Gasteiger partial charge in [0, 0.05) is 12.2 Å². The maximum atomic E-state index is 12.8. The highest BCUT2D eigenvalue weighted by Gasteiger charge is 2.35. The van der Waals surface area contributed by atoms with Crippen molar-refractivity contribution in [1.82, 2.24) is 5.32 Å². The van der Waals surface area contributed by atoms with Gasteiger partial charge in [-0.05, 0) is 30.7 Å². The molecule has 5 nitrogen and oxygen atoms in total. The first-order valence-electron chi connectivity index (χ1n) is 6.24. The first-order chi connectivity index (χ1) is 9.74. The zero-order valence-corrected chi connectivity index (χ0v) is 11.2. The molecule has 0 spiro atoms. The highest BCUT2D eigenvalue weighted by atomic mass is 19.4. The predicted octanol–water partition coefficient (Wildman–Crippen LogP) is 1.02. The van der Waals surface area contributed by atoms with Crippen LogP contribution in [0.4, 0.5) is 18.9 Å². The number of anilines is 1. The zero-order chi connectivity index (χ0) is 15.8. The van der Waals surface area contributed by atoms with Gasteiger partial charge in [-0.2, -0.15) is 13.2 Å². The van der Waals surface area contributed by atoms with E-state index < -0.39 is 29.6 Å². The lowest BCUT2D eigenvalue weighted by atomic mass is 10.0. The largest absolute Gasteiger partial charge is 0.416 e. The standard InChI is InChI=1S/C13H14F3N3O2/c1-7-12(21)18-11(20)6-19(7)9-2-3-10(13(14,15)16)8(4-9)5-17/h2-4,7H,5-6,17H2,1H3,(H,18,20,21). The van der Waals surface area contributed by atoms with Crippen LogP contribution in [0.15, 0.2) is 18.2 Å². The minimum Gasteiger partial charge on any atom is -0.350 e. The van der Waals surface area contributed by atoms with Gasteiger partial charge in [-0.15, -0.1) is 0 Å². The van der Waals surface area contributed by atoms with Crippen molar-refractivity contribution in [3.8, 4) is 0 Å². The molecule has 1 saturated heterocycles. The van der Waals surface area contributed by atoms with Gasteiger partial charge in [-0.1, -0.05) is 0 Å². The molecule has 2 amide bonds. The average Bonchev–Trinajstić information content (AvgIpc) is 2.41. The van der Waals surface area contributed by atoms with Crippen LogP contribution < -0.4 is 16.0 Å². The van der Waals surface area contributed by atoms with Gasteiger partial charge in [0.05, 0.1) is 12.1 Å². The molecule has 0 radical (unpaired) electrons. The summed E-state index contributed by atoms with van der Waals surface area (Å²) in [5.74, 6) is -0.979. The summed E-state index contributed by atoms with van der Waals surface area (Å²) < 4.78 is 38.5. The first kappa shape index (κ1) is 15.3. The third-order valence-electron chi connectivity index (χ3n) is 3.37. The number of nitrogens with one attached hydrogen (secondary N) is 1. The number of hydrogen-bond donors (Lipinski definition) is 2. The van der Waals surface area contributed by atoms with E-state index >= 15 is 0 Å². The molecule has 1 aliphatic heterocycles. The molecule has 1 aliphatic rings. The van der Waals surface area contributed by atoms with E-state index in [0.717, 1.165) is 6.07 Å². The van der Waals surface area contributed by atoms with Crippen LogP contribution in [0.3, 0.4) is 0 Å². The molecule has 0 bridgehead atoms. The van der Waals surface area contributed by atoms with Crippen molar-refractivity contribution in [3.05, 3.63) is 29.3 Å². The topological polar surface area (TPSA) is 75.4 Å². The molecular weight excluding hydrogens is 287 g/mol. The summed E-state index contributed by atoms with van der Waals surface area (Å²) in [6, 6.07) is 2.78. The second-order valence-corrected chi connectivity index (χ2v) is 4.76. The molecule has 1 aromatic rings. The Bertz CT molecular complexity index is 587. The molecule has 0 aromatic heterocycles. The summed E-state index contributed by atoms with van der Waals surface area (Å²) in [5.41, 5.74) is 4.84. The Labute approximate surface area is 118 Å². The number of alkyl halides is 3. The third-order valence-corrected chi connectivity index (χ3v) is 3.37. The van der Waals surface area contributed by atoms with Crippen LogP contribution in [0.1, 0.15) is 18.1 Å². The van der Waals surface area contributed by atoms with E-state index in [0.29, 0.717) is 5.69 Å². The molecule has 0 aliphatic carbocycles. The molecule has 8 heteroatoms. The number of benzene rings is 1. The molecular formula is C13H14F3N3O2. The van der Waals surface area contributed by atoms with Gasteiger partial charge < -0.3 is 10.6 Å².